The van der Waals surface area contributed by atoms with Gasteiger partial charge in [-0.1, -0.05) is 184 Å². The second kappa shape index (κ2) is 14.9. The first-order valence-electron chi connectivity index (χ1n) is 19.0. The average molecular weight is 724 g/mol. The minimum absolute atomic E-state index is 0.801. The molecule has 10 rings (SSSR count). The second-order valence-electron chi connectivity index (χ2n) is 14.3. The van der Waals surface area contributed by atoms with Crippen LogP contribution in [0.25, 0.3) is 98.5 Å². The monoisotopic (exact) mass is 723 g/mol. The van der Waals surface area contributed by atoms with Crippen LogP contribution in [-0.2, 0) is 0 Å². The van der Waals surface area contributed by atoms with Crippen LogP contribution in [0, 0.1) is 0 Å². The van der Waals surface area contributed by atoms with Gasteiger partial charge >= 0.3 is 0 Å². The molecule has 0 atom stereocenters. The first-order valence-corrected chi connectivity index (χ1v) is 20.3. The molecule has 0 amide bonds. The Kier molecular flexibility index (Phi) is 9.36. The normalized spacial score (nSPS) is 11.4. The van der Waals surface area contributed by atoms with E-state index in [0.29, 0.717) is 0 Å². The SMILES string of the molecule is CSC(C)C.c1ccc(-c2c(-c3ccccc3)c3ccc(-c4c5ccccc5c(-c5nccc6ccccc56)c5ccccc45)cc3c3ccccc23)cc1. The Morgan fingerprint density at radius 1 is 0.364 bits per heavy atom. The van der Waals surface area contributed by atoms with Gasteiger partial charge in [0.2, 0.25) is 0 Å². The number of rotatable bonds is 5. The number of aromatic nitrogens is 1. The van der Waals surface area contributed by atoms with Crippen LogP contribution < -0.4 is 0 Å². The molecule has 0 unspecified atom stereocenters. The van der Waals surface area contributed by atoms with Crippen LogP contribution in [0.2, 0.25) is 0 Å². The van der Waals surface area contributed by atoms with Crippen molar-refractivity contribution in [2.45, 2.75) is 19.1 Å². The van der Waals surface area contributed by atoms with Crippen molar-refractivity contribution in [3.63, 3.8) is 0 Å². The topological polar surface area (TPSA) is 12.9 Å². The number of thioether (sulfide) groups is 1. The molecule has 0 aliphatic heterocycles. The van der Waals surface area contributed by atoms with Crippen molar-refractivity contribution in [2.75, 3.05) is 6.26 Å². The summed E-state index contributed by atoms with van der Waals surface area (Å²) in [7, 11) is 0. The van der Waals surface area contributed by atoms with Gasteiger partial charge in [0.05, 0.1) is 5.69 Å². The van der Waals surface area contributed by atoms with Gasteiger partial charge < -0.3 is 0 Å². The van der Waals surface area contributed by atoms with Gasteiger partial charge in [-0.3, -0.25) is 4.98 Å². The van der Waals surface area contributed by atoms with Gasteiger partial charge in [-0.2, -0.15) is 11.8 Å². The van der Waals surface area contributed by atoms with Crippen LogP contribution in [0.1, 0.15) is 13.8 Å². The van der Waals surface area contributed by atoms with Crippen LogP contribution in [0.15, 0.2) is 188 Å². The lowest BCUT2D eigenvalue weighted by molar-refractivity contribution is 1.12. The van der Waals surface area contributed by atoms with Gasteiger partial charge in [0, 0.05) is 17.1 Å². The highest BCUT2D eigenvalue weighted by Crippen LogP contribution is 2.48. The van der Waals surface area contributed by atoms with Gasteiger partial charge in [0.25, 0.3) is 0 Å². The smallest absolute Gasteiger partial charge is 0.0792 e. The van der Waals surface area contributed by atoms with Crippen molar-refractivity contribution in [3.8, 4) is 44.6 Å². The van der Waals surface area contributed by atoms with Crippen molar-refractivity contribution < 1.29 is 0 Å². The summed E-state index contributed by atoms with van der Waals surface area (Å²) in [6, 6.07) is 66.1. The Hall–Kier alpha value is -6.22. The summed E-state index contributed by atoms with van der Waals surface area (Å²) in [5.74, 6) is 0. The summed E-state index contributed by atoms with van der Waals surface area (Å²) in [6.07, 6.45) is 4.06. The number of fused-ring (bicyclic) bond motifs is 6. The van der Waals surface area contributed by atoms with Crippen molar-refractivity contribution in [1.82, 2.24) is 4.98 Å². The molecule has 264 valence electrons. The number of hydrogen-bond acceptors (Lipinski definition) is 2. The van der Waals surface area contributed by atoms with Gasteiger partial charge in [0.1, 0.15) is 0 Å². The van der Waals surface area contributed by atoms with Gasteiger partial charge in [-0.05, 0) is 105 Å². The zero-order valence-electron chi connectivity index (χ0n) is 31.3. The molecule has 0 bridgehead atoms. The molecule has 0 spiro atoms. The van der Waals surface area contributed by atoms with Crippen LogP contribution >= 0.6 is 11.8 Å². The Bertz CT molecular complexity index is 2920. The summed E-state index contributed by atoms with van der Waals surface area (Å²) < 4.78 is 0. The molecule has 0 saturated carbocycles. The molecule has 0 saturated heterocycles. The summed E-state index contributed by atoms with van der Waals surface area (Å²) in [4.78, 5) is 5.03. The maximum Gasteiger partial charge on any atom is 0.0792 e. The fourth-order valence-corrected chi connectivity index (χ4v) is 8.17. The minimum atomic E-state index is 0.801. The third-order valence-corrected chi connectivity index (χ3v) is 11.7. The lowest BCUT2D eigenvalue weighted by Gasteiger charge is -2.21. The molecule has 10 aromatic rings. The first-order chi connectivity index (χ1) is 27.1. The Morgan fingerprint density at radius 2 is 0.782 bits per heavy atom. The fraction of sp³-hybridized carbons (Fsp3) is 0.0755. The number of nitrogens with zero attached hydrogens (tertiary/aromatic N) is 1. The predicted octanol–water partition coefficient (Wildman–Crippen LogP) is 15.3. The third-order valence-electron chi connectivity index (χ3n) is 10.8. The highest BCUT2D eigenvalue weighted by Gasteiger charge is 2.21. The Morgan fingerprint density at radius 3 is 1.31 bits per heavy atom. The van der Waals surface area contributed by atoms with E-state index in [1.807, 2.05) is 18.0 Å². The standard InChI is InChI=1S/C49H31N.C4H10S/c1-3-16-33(17-4-1)46-38-22-10-9-21-37(38)44-31-35(27-28-43(44)47(46)34-18-5-2-6-19-34)45-39-23-11-13-25-41(39)48(42-26-14-12-24-40(42)45)49-36-20-8-7-15-32(36)29-30-50-49;1-4(2)5-3/h1-31H;4H,1-3H3. The maximum absolute atomic E-state index is 5.03. The van der Waals surface area contributed by atoms with Crippen LogP contribution in [0.5, 0.6) is 0 Å². The first kappa shape index (κ1) is 34.5. The third kappa shape index (κ3) is 6.23. The molecule has 2 heteroatoms. The summed E-state index contributed by atoms with van der Waals surface area (Å²) >= 11 is 1.88. The molecule has 0 aliphatic rings. The van der Waals surface area contributed by atoms with Crippen molar-refractivity contribution >= 4 is 65.6 Å². The van der Waals surface area contributed by atoms with Crippen LogP contribution in [0.3, 0.4) is 0 Å². The van der Waals surface area contributed by atoms with E-state index < -0.39 is 0 Å². The van der Waals surface area contributed by atoms with Crippen molar-refractivity contribution in [1.29, 1.82) is 0 Å². The Labute approximate surface area is 327 Å². The molecule has 9 aromatic carbocycles. The molecule has 0 N–H and O–H groups in total. The van der Waals surface area contributed by atoms with E-state index in [-0.39, 0.29) is 0 Å². The Balaban J connectivity index is 0.000000748. The fourth-order valence-electron chi connectivity index (χ4n) is 8.17. The quantitative estimate of drug-likeness (QED) is 0.130. The van der Waals surface area contributed by atoms with E-state index in [4.69, 9.17) is 4.98 Å². The predicted molar refractivity (Wildman–Crippen MR) is 242 cm³/mol. The van der Waals surface area contributed by atoms with Gasteiger partial charge in [-0.15, -0.1) is 0 Å². The second-order valence-corrected chi connectivity index (χ2v) is 15.7. The number of benzene rings is 9. The molecule has 0 aliphatic carbocycles. The molecule has 1 heterocycles. The van der Waals surface area contributed by atoms with E-state index in [0.717, 1.165) is 16.3 Å². The molecular weight excluding hydrogens is 683 g/mol. The van der Waals surface area contributed by atoms with E-state index in [2.05, 4.69) is 202 Å². The van der Waals surface area contributed by atoms with Gasteiger partial charge in [-0.25, -0.2) is 0 Å². The molecule has 1 aromatic heterocycles. The molecule has 55 heavy (non-hydrogen) atoms. The number of hydrogen-bond donors (Lipinski definition) is 0. The van der Waals surface area contributed by atoms with E-state index >= 15 is 0 Å². The lowest BCUT2D eigenvalue weighted by atomic mass is 9.82. The summed E-state index contributed by atoms with van der Waals surface area (Å²) in [6.45, 7) is 4.37. The van der Waals surface area contributed by atoms with E-state index in [1.54, 1.807) is 0 Å². The minimum Gasteiger partial charge on any atom is -0.256 e. The average Bonchev–Trinajstić information content (AvgIpc) is 3.25. The zero-order valence-corrected chi connectivity index (χ0v) is 32.1. The highest BCUT2D eigenvalue weighted by molar-refractivity contribution is 7.99. The maximum atomic E-state index is 5.03. The highest BCUT2D eigenvalue weighted by atomic mass is 32.2. The molecule has 0 radical (unpaired) electrons. The lowest BCUT2D eigenvalue weighted by Crippen LogP contribution is -1.94. The summed E-state index contributed by atoms with van der Waals surface area (Å²) in [5, 5.41) is 13.1. The largest absolute Gasteiger partial charge is 0.256 e. The molecule has 1 nitrogen and oxygen atoms in total. The van der Waals surface area contributed by atoms with E-state index in [1.165, 1.54) is 87.4 Å². The van der Waals surface area contributed by atoms with Crippen molar-refractivity contribution in [2.24, 2.45) is 0 Å². The van der Waals surface area contributed by atoms with Gasteiger partial charge in [0.15, 0.2) is 0 Å². The zero-order chi connectivity index (χ0) is 37.3. The number of pyridine rings is 1. The van der Waals surface area contributed by atoms with Crippen LogP contribution in [0.4, 0.5) is 0 Å². The van der Waals surface area contributed by atoms with Crippen LogP contribution in [-0.4, -0.2) is 16.5 Å². The van der Waals surface area contributed by atoms with Crippen molar-refractivity contribution in [3.05, 3.63) is 188 Å². The summed E-state index contributed by atoms with van der Waals surface area (Å²) in [5.41, 5.74) is 9.65. The van der Waals surface area contributed by atoms with E-state index in [9.17, 15) is 0 Å². The molecular formula is C53H41NS. The molecule has 0 fully saturated rings.